The van der Waals surface area contributed by atoms with Crippen LogP contribution in [0.3, 0.4) is 0 Å². The third-order valence-electron chi connectivity index (χ3n) is 2.68. The molecule has 0 aromatic heterocycles. The number of Topliss-reactive ketones (excluding diaryl/α,β-unsaturated/α-hetero) is 1. The largest absolute Gasteiger partial charge is 0.457 e. The van der Waals surface area contributed by atoms with Crippen molar-refractivity contribution >= 4 is 33.3 Å². The van der Waals surface area contributed by atoms with Crippen LogP contribution < -0.4 is 4.74 Å². The second-order valence-electron chi connectivity index (χ2n) is 4.21. The molecule has 0 aliphatic rings. The molecule has 4 heteroatoms. The topological polar surface area (TPSA) is 26.3 Å². The Morgan fingerprint density at radius 2 is 1.79 bits per heavy atom. The number of hydrogen-bond donors (Lipinski definition) is 0. The highest BCUT2D eigenvalue weighted by Gasteiger charge is 2.07. The van der Waals surface area contributed by atoms with Crippen LogP contribution in [0.1, 0.15) is 22.8 Å². The second-order valence-corrected chi connectivity index (χ2v) is 5.47. The zero-order chi connectivity index (χ0) is 14.0. The van der Waals surface area contributed by atoms with Crippen molar-refractivity contribution in [3.63, 3.8) is 0 Å². The van der Waals surface area contributed by atoms with Gasteiger partial charge in [-0.15, -0.1) is 0 Å². The molecule has 2 aromatic rings. The maximum Gasteiger partial charge on any atom is 0.160 e. The predicted octanol–water partition coefficient (Wildman–Crippen LogP) is 5.41. The lowest BCUT2D eigenvalue weighted by atomic mass is 10.1. The maximum atomic E-state index is 11.3. The molecule has 0 bridgehead atoms. The highest BCUT2D eigenvalue weighted by atomic mass is 79.9. The van der Waals surface area contributed by atoms with Gasteiger partial charge in [0.1, 0.15) is 11.5 Å². The molecule has 19 heavy (non-hydrogen) atoms. The fraction of sp³-hybridized carbons (Fsp3) is 0.133. The van der Waals surface area contributed by atoms with E-state index in [1.807, 2.05) is 19.1 Å². The van der Waals surface area contributed by atoms with Crippen molar-refractivity contribution in [2.24, 2.45) is 0 Å². The van der Waals surface area contributed by atoms with E-state index in [9.17, 15) is 4.79 Å². The van der Waals surface area contributed by atoms with Gasteiger partial charge in [0.05, 0.1) is 0 Å². The van der Waals surface area contributed by atoms with E-state index in [1.54, 1.807) is 24.3 Å². The molecule has 0 fully saturated rings. The molecule has 0 N–H and O–H groups in total. The Labute approximate surface area is 125 Å². The zero-order valence-corrected chi connectivity index (χ0v) is 12.9. The highest BCUT2D eigenvalue weighted by Crippen LogP contribution is 2.29. The smallest absolute Gasteiger partial charge is 0.160 e. The van der Waals surface area contributed by atoms with Crippen molar-refractivity contribution in [3.05, 3.63) is 57.0 Å². The first-order valence-corrected chi connectivity index (χ1v) is 6.89. The van der Waals surface area contributed by atoms with Crippen LogP contribution in [0, 0.1) is 6.92 Å². The van der Waals surface area contributed by atoms with Gasteiger partial charge >= 0.3 is 0 Å². The number of ether oxygens (including phenoxy) is 1. The van der Waals surface area contributed by atoms with E-state index >= 15 is 0 Å². The zero-order valence-electron chi connectivity index (χ0n) is 10.5. The molecule has 0 aliphatic heterocycles. The Kier molecular flexibility index (Phi) is 4.27. The van der Waals surface area contributed by atoms with Crippen LogP contribution in [-0.4, -0.2) is 5.78 Å². The number of rotatable bonds is 3. The average molecular weight is 340 g/mol. The van der Waals surface area contributed by atoms with Gasteiger partial charge in [-0.3, -0.25) is 4.79 Å². The van der Waals surface area contributed by atoms with Gasteiger partial charge in [0, 0.05) is 15.1 Å². The summed E-state index contributed by atoms with van der Waals surface area (Å²) in [5.74, 6) is 1.39. The van der Waals surface area contributed by atoms with Gasteiger partial charge < -0.3 is 4.74 Å². The number of carbonyl (C=O) groups is 1. The van der Waals surface area contributed by atoms with E-state index in [0.717, 1.165) is 10.0 Å². The number of benzene rings is 2. The molecule has 0 atom stereocenters. The van der Waals surface area contributed by atoms with Crippen LogP contribution in [0.2, 0.25) is 5.02 Å². The van der Waals surface area contributed by atoms with E-state index in [1.165, 1.54) is 6.92 Å². The Balaban J connectivity index is 2.26. The normalized spacial score (nSPS) is 10.3. The molecule has 98 valence electrons. The lowest BCUT2D eigenvalue weighted by molar-refractivity contribution is 0.101. The molecule has 2 nitrogen and oxygen atoms in total. The molecule has 0 saturated heterocycles. The van der Waals surface area contributed by atoms with Crippen LogP contribution in [0.25, 0.3) is 0 Å². The van der Waals surface area contributed by atoms with Gasteiger partial charge in [-0.2, -0.15) is 0 Å². The standard InChI is InChI=1S/C15H12BrClO2/c1-9-7-11(4-6-15(9)17)19-12-3-5-13(10(2)18)14(16)8-12/h3-8H,1-2H3. The molecule has 0 amide bonds. The number of carbonyl (C=O) groups excluding carboxylic acids is 1. The Morgan fingerprint density at radius 3 is 2.37 bits per heavy atom. The first-order chi connectivity index (χ1) is 8.97. The van der Waals surface area contributed by atoms with Crippen molar-refractivity contribution in [1.82, 2.24) is 0 Å². The molecule has 0 heterocycles. The monoisotopic (exact) mass is 338 g/mol. The third-order valence-corrected chi connectivity index (χ3v) is 3.77. The Morgan fingerprint density at radius 1 is 1.16 bits per heavy atom. The molecular weight excluding hydrogens is 328 g/mol. The maximum absolute atomic E-state index is 11.3. The number of aryl methyl sites for hydroxylation is 1. The molecule has 0 spiro atoms. The van der Waals surface area contributed by atoms with Crippen LogP contribution in [0.4, 0.5) is 0 Å². The van der Waals surface area contributed by atoms with Gasteiger partial charge in [-0.1, -0.05) is 11.6 Å². The highest BCUT2D eigenvalue weighted by molar-refractivity contribution is 9.10. The minimum absolute atomic E-state index is 0.0146. The van der Waals surface area contributed by atoms with Crippen molar-refractivity contribution in [1.29, 1.82) is 0 Å². The first-order valence-electron chi connectivity index (χ1n) is 5.72. The molecule has 2 aromatic carbocycles. The number of halogens is 2. The van der Waals surface area contributed by atoms with Gasteiger partial charge in [-0.05, 0) is 71.7 Å². The van der Waals surface area contributed by atoms with Crippen LogP contribution in [-0.2, 0) is 0 Å². The Hall–Kier alpha value is -1.32. The number of ketones is 1. The summed E-state index contributed by atoms with van der Waals surface area (Å²) in [5.41, 5.74) is 1.60. The van der Waals surface area contributed by atoms with Gasteiger partial charge in [-0.25, -0.2) is 0 Å². The molecule has 0 unspecified atom stereocenters. The minimum atomic E-state index is 0.0146. The van der Waals surface area contributed by atoms with Crippen LogP contribution >= 0.6 is 27.5 Å². The SMILES string of the molecule is CC(=O)c1ccc(Oc2ccc(Cl)c(C)c2)cc1Br. The summed E-state index contributed by atoms with van der Waals surface area (Å²) in [5, 5.41) is 0.709. The van der Waals surface area contributed by atoms with Crippen molar-refractivity contribution in [2.75, 3.05) is 0 Å². The summed E-state index contributed by atoms with van der Waals surface area (Å²) in [6, 6.07) is 10.8. The predicted molar refractivity (Wildman–Crippen MR) is 80.4 cm³/mol. The van der Waals surface area contributed by atoms with Gasteiger partial charge in [0.15, 0.2) is 5.78 Å². The van der Waals surface area contributed by atoms with E-state index in [-0.39, 0.29) is 5.78 Å². The first kappa shape index (κ1) is 14.1. The van der Waals surface area contributed by atoms with Crippen molar-refractivity contribution in [2.45, 2.75) is 13.8 Å². The lowest BCUT2D eigenvalue weighted by Gasteiger charge is -2.09. The molecular formula is C15H12BrClO2. The van der Waals surface area contributed by atoms with Crippen LogP contribution in [0.5, 0.6) is 11.5 Å². The number of hydrogen-bond acceptors (Lipinski definition) is 2. The fourth-order valence-corrected chi connectivity index (χ4v) is 2.42. The lowest BCUT2D eigenvalue weighted by Crippen LogP contribution is -1.94. The van der Waals surface area contributed by atoms with Gasteiger partial charge in [0.25, 0.3) is 0 Å². The molecule has 0 radical (unpaired) electrons. The van der Waals surface area contributed by atoms with Crippen molar-refractivity contribution in [3.8, 4) is 11.5 Å². The summed E-state index contributed by atoms with van der Waals surface area (Å²) in [6.07, 6.45) is 0. The summed E-state index contributed by atoms with van der Waals surface area (Å²) in [6.45, 7) is 3.45. The molecule has 0 saturated carbocycles. The van der Waals surface area contributed by atoms with Gasteiger partial charge in [0.2, 0.25) is 0 Å². The fourth-order valence-electron chi connectivity index (χ4n) is 1.66. The third kappa shape index (κ3) is 3.37. The Bertz CT molecular complexity index is 638. The van der Waals surface area contributed by atoms with E-state index in [0.29, 0.717) is 22.1 Å². The summed E-state index contributed by atoms with van der Waals surface area (Å²) >= 11 is 9.33. The summed E-state index contributed by atoms with van der Waals surface area (Å²) in [7, 11) is 0. The van der Waals surface area contributed by atoms with E-state index in [2.05, 4.69) is 15.9 Å². The van der Waals surface area contributed by atoms with Crippen LogP contribution in [0.15, 0.2) is 40.9 Å². The average Bonchev–Trinajstić information content (AvgIpc) is 2.33. The van der Waals surface area contributed by atoms with E-state index in [4.69, 9.17) is 16.3 Å². The minimum Gasteiger partial charge on any atom is -0.457 e. The quantitative estimate of drug-likeness (QED) is 0.699. The second kappa shape index (κ2) is 5.76. The van der Waals surface area contributed by atoms with Crippen molar-refractivity contribution < 1.29 is 9.53 Å². The molecule has 2 rings (SSSR count). The summed E-state index contributed by atoms with van der Waals surface area (Å²) < 4.78 is 6.45. The summed E-state index contributed by atoms with van der Waals surface area (Å²) in [4.78, 5) is 11.3. The van der Waals surface area contributed by atoms with E-state index < -0.39 is 0 Å². The molecule has 0 aliphatic carbocycles.